The average molecular weight is 397 g/mol. The monoisotopic (exact) mass is 397 g/mol. The first-order chi connectivity index (χ1) is 14.7. The first-order valence-corrected chi connectivity index (χ1v) is 9.67. The number of nitrogens with zero attached hydrogens (tertiary/aromatic N) is 3. The van der Waals surface area contributed by atoms with E-state index in [2.05, 4.69) is 20.2 Å². The summed E-state index contributed by atoms with van der Waals surface area (Å²) in [6, 6.07) is 17.3. The van der Waals surface area contributed by atoms with Crippen LogP contribution in [0.2, 0.25) is 0 Å². The topological polar surface area (TPSA) is 81.0 Å². The van der Waals surface area contributed by atoms with E-state index >= 15 is 0 Å². The van der Waals surface area contributed by atoms with Crippen LogP contribution in [0.15, 0.2) is 85.2 Å². The second-order valence-corrected chi connectivity index (χ2v) is 7.08. The molecule has 0 aliphatic carbocycles. The zero-order chi connectivity index (χ0) is 20.5. The Morgan fingerprint density at radius 1 is 0.933 bits per heavy atom. The fourth-order valence-electron chi connectivity index (χ4n) is 3.77. The van der Waals surface area contributed by atoms with Gasteiger partial charge < -0.3 is 14.5 Å². The molecule has 0 saturated heterocycles. The molecule has 1 aliphatic rings. The highest BCUT2D eigenvalue weighted by Gasteiger charge is 2.33. The Hall–Kier alpha value is -4.13. The van der Waals surface area contributed by atoms with Crippen molar-refractivity contribution in [2.75, 3.05) is 5.32 Å². The second kappa shape index (κ2) is 7.36. The molecule has 2 amide bonds. The molecular formula is C23H19N5O2. The van der Waals surface area contributed by atoms with Gasteiger partial charge in [-0.2, -0.15) is 0 Å². The van der Waals surface area contributed by atoms with E-state index in [1.165, 1.54) is 0 Å². The maximum absolute atomic E-state index is 12.7. The van der Waals surface area contributed by atoms with E-state index < -0.39 is 11.8 Å². The molecule has 148 valence electrons. The van der Waals surface area contributed by atoms with Crippen LogP contribution in [-0.4, -0.2) is 25.9 Å². The van der Waals surface area contributed by atoms with Crippen LogP contribution in [0.25, 0.3) is 16.5 Å². The van der Waals surface area contributed by atoms with Crippen molar-refractivity contribution in [1.29, 1.82) is 0 Å². The molecule has 0 bridgehead atoms. The van der Waals surface area contributed by atoms with E-state index in [-0.39, 0.29) is 5.70 Å². The molecule has 1 aliphatic heterocycles. The summed E-state index contributed by atoms with van der Waals surface area (Å²) in [7, 11) is 0. The number of para-hydroxylation sites is 2. The highest BCUT2D eigenvalue weighted by Crippen LogP contribution is 2.32. The molecule has 0 radical (unpaired) electrons. The van der Waals surface area contributed by atoms with Gasteiger partial charge in [-0.3, -0.25) is 14.9 Å². The van der Waals surface area contributed by atoms with Gasteiger partial charge in [0, 0.05) is 53.8 Å². The van der Waals surface area contributed by atoms with E-state index in [1.807, 2.05) is 71.6 Å². The molecule has 0 saturated carbocycles. The van der Waals surface area contributed by atoms with Gasteiger partial charge in [0.2, 0.25) is 0 Å². The van der Waals surface area contributed by atoms with Crippen molar-refractivity contribution in [1.82, 2.24) is 19.4 Å². The van der Waals surface area contributed by atoms with Crippen molar-refractivity contribution >= 4 is 34.0 Å². The van der Waals surface area contributed by atoms with E-state index in [0.29, 0.717) is 12.1 Å². The number of fused-ring (bicyclic) bond motifs is 1. The number of aryl methyl sites for hydroxylation is 2. The molecule has 2 aromatic heterocycles. The number of hydrogen-bond donors (Lipinski definition) is 2. The number of imide groups is 1. The number of carbonyl (C=O) groups is 2. The van der Waals surface area contributed by atoms with Gasteiger partial charge in [0.15, 0.2) is 0 Å². The number of aromatic nitrogens is 3. The summed E-state index contributed by atoms with van der Waals surface area (Å²) in [6.45, 7) is 1.46. The molecule has 0 spiro atoms. The molecule has 0 fully saturated rings. The molecule has 30 heavy (non-hydrogen) atoms. The molecule has 2 aromatic carbocycles. The summed E-state index contributed by atoms with van der Waals surface area (Å²) in [5.74, 6) is -0.815. The van der Waals surface area contributed by atoms with Crippen molar-refractivity contribution in [2.24, 2.45) is 0 Å². The molecule has 7 heteroatoms. The maximum atomic E-state index is 12.7. The summed E-state index contributed by atoms with van der Waals surface area (Å²) in [5, 5.41) is 6.48. The zero-order valence-electron chi connectivity index (χ0n) is 16.1. The maximum Gasteiger partial charge on any atom is 0.275 e. The summed E-state index contributed by atoms with van der Waals surface area (Å²) >= 11 is 0. The predicted molar refractivity (Wildman–Crippen MR) is 114 cm³/mol. The number of imidazole rings is 1. The van der Waals surface area contributed by atoms with Gasteiger partial charge in [-0.1, -0.05) is 36.4 Å². The van der Waals surface area contributed by atoms with Crippen LogP contribution in [0.3, 0.4) is 0 Å². The largest absolute Gasteiger partial charge is 0.350 e. The van der Waals surface area contributed by atoms with Gasteiger partial charge in [-0.05, 0) is 18.2 Å². The van der Waals surface area contributed by atoms with Crippen LogP contribution in [0.4, 0.5) is 5.69 Å². The lowest BCUT2D eigenvalue weighted by atomic mass is 10.0. The molecule has 5 rings (SSSR count). The summed E-state index contributed by atoms with van der Waals surface area (Å²) < 4.78 is 4.11. The first kappa shape index (κ1) is 17.9. The van der Waals surface area contributed by atoms with Crippen LogP contribution in [0, 0.1) is 0 Å². The SMILES string of the molecule is O=C1NC(=O)C(c2cn(CCn3ccnc3)c3ccccc23)=C1Nc1ccccc1. The van der Waals surface area contributed by atoms with Crippen molar-refractivity contribution in [3.8, 4) is 0 Å². The Morgan fingerprint density at radius 3 is 2.53 bits per heavy atom. The quantitative estimate of drug-likeness (QED) is 0.490. The summed E-state index contributed by atoms with van der Waals surface area (Å²) in [5.41, 5.74) is 3.12. The average Bonchev–Trinajstić information content (AvgIpc) is 3.46. The van der Waals surface area contributed by atoms with E-state index in [9.17, 15) is 9.59 Å². The van der Waals surface area contributed by atoms with E-state index in [4.69, 9.17) is 0 Å². The highest BCUT2D eigenvalue weighted by molar-refractivity contribution is 6.38. The molecule has 7 nitrogen and oxygen atoms in total. The minimum absolute atomic E-state index is 0.267. The summed E-state index contributed by atoms with van der Waals surface area (Å²) in [6.07, 6.45) is 7.39. The number of hydrogen-bond acceptors (Lipinski definition) is 4. The van der Waals surface area contributed by atoms with Gasteiger partial charge >= 0.3 is 0 Å². The molecule has 3 heterocycles. The van der Waals surface area contributed by atoms with Gasteiger partial charge in [-0.15, -0.1) is 0 Å². The van der Waals surface area contributed by atoms with Crippen molar-refractivity contribution in [3.05, 3.63) is 90.8 Å². The second-order valence-electron chi connectivity index (χ2n) is 7.08. The number of nitrogens with one attached hydrogen (secondary N) is 2. The van der Waals surface area contributed by atoms with Crippen LogP contribution >= 0.6 is 0 Å². The highest BCUT2D eigenvalue weighted by atomic mass is 16.2. The fraction of sp³-hybridized carbons (Fsp3) is 0.0870. The number of rotatable bonds is 6. The lowest BCUT2D eigenvalue weighted by Crippen LogP contribution is -2.24. The standard InChI is InChI=1S/C23H19N5O2/c29-22-20(21(23(30)26-22)25-16-6-2-1-3-7-16)18-14-28(13-12-27-11-10-24-15-27)19-9-5-4-8-17(18)19/h1-11,14-15H,12-13H2,(H2,25,26,29,30). The van der Waals surface area contributed by atoms with Gasteiger partial charge in [0.25, 0.3) is 11.8 Å². The van der Waals surface area contributed by atoms with Crippen LogP contribution in [0.1, 0.15) is 5.56 Å². The van der Waals surface area contributed by atoms with Crippen LogP contribution in [0.5, 0.6) is 0 Å². The number of anilines is 1. The third-order valence-corrected chi connectivity index (χ3v) is 5.19. The Balaban J connectivity index is 1.60. The van der Waals surface area contributed by atoms with E-state index in [0.717, 1.165) is 28.7 Å². The Morgan fingerprint density at radius 2 is 1.73 bits per heavy atom. The molecule has 4 aromatic rings. The minimum Gasteiger partial charge on any atom is -0.350 e. The zero-order valence-corrected chi connectivity index (χ0v) is 16.1. The van der Waals surface area contributed by atoms with Gasteiger partial charge in [-0.25, -0.2) is 4.98 Å². The molecule has 2 N–H and O–H groups in total. The first-order valence-electron chi connectivity index (χ1n) is 9.67. The number of amides is 2. The Kier molecular flexibility index (Phi) is 4.40. The van der Waals surface area contributed by atoms with Crippen molar-refractivity contribution < 1.29 is 9.59 Å². The van der Waals surface area contributed by atoms with Crippen molar-refractivity contribution in [3.63, 3.8) is 0 Å². The molecule has 0 atom stereocenters. The third-order valence-electron chi connectivity index (χ3n) is 5.19. The minimum atomic E-state index is -0.422. The lowest BCUT2D eigenvalue weighted by Gasteiger charge is -2.07. The summed E-state index contributed by atoms with van der Waals surface area (Å²) in [4.78, 5) is 29.3. The Bertz CT molecular complexity index is 1270. The smallest absolute Gasteiger partial charge is 0.275 e. The van der Waals surface area contributed by atoms with Crippen molar-refractivity contribution in [2.45, 2.75) is 13.1 Å². The predicted octanol–water partition coefficient (Wildman–Crippen LogP) is 3.02. The van der Waals surface area contributed by atoms with Crippen LogP contribution in [-0.2, 0) is 22.7 Å². The van der Waals surface area contributed by atoms with E-state index in [1.54, 1.807) is 12.5 Å². The van der Waals surface area contributed by atoms with Crippen LogP contribution < -0.4 is 10.6 Å². The normalized spacial score (nSPS) is 13.9. The third kappa shape index (κ3) is 3.16. The van der Waals surface area contributed by atoms with Gasteiger partial charge in [0.1, 0.15) is 5.70 Å². The Labute approximate surface area is 172 Å². The fourth-order valence-corrected chi connectivity index (χ4v) is 3.77. The number of carbonyl (C=O) groups excluding carboxylic acids is 2. The van der Waals surface area contributed by atoms with Gasteiger partial charge in [0.05, 0.1) is 11.9 Å². The number of benzene rings is 2. The molecule has 0 unspecified atom stereocenters. The molecular weight excluding hydrogens is 378 g/mol. The lowest BCUT2D eigenvalue weighted by molar-refractivity contribution is -0.123.